The van der Waals surface area contributed by atoms with Gasteiger partial charge in [0.1, 0.15) is 18.1 Å². The number of anilines is 3. The monoisotopic (exact) mass is 452 g/mol. The van der Waals surface area contributed by atoms with Crippen LogP contribution in [0.2, 0.25) is 0 Å². The third-order valence-corrected chi connectivity index (χ3v) is 5.03. The zero-order valence-corrected chi connectivity index (χ0v) is 18.9. The smallest absolute Gasteiger partial charge is 0.321 e. The molecule has 0 aliphatic carbocycles. The second-order valence-electron chi connectivity index (χ2n) is 7.97. The maximum atomic E-state index is 12.2. The number of nitrogens with one attached hydrogen (secondary N) is 2. The molecule has 2 heterocycles. The largest absolute Gasteiger partial charge is 0.491 e. The number of carbonyl (C=O) groups excluding carboxylic acids is 1. The topological polar surface area (TPSA) is 109 Å². The van der Waals surface area contributed by atoms with Crippen LogP contribution in [0.25, 0.3) is 11.3 Å². The highest BCUT2D eigenvalue weighted by molar-refractivity contribution is 5.95. The number of nitrogens with zero attached hydrogens (tertiary/aromatic N) is 2. The molecule has 0 atom stereocenters. The van der Waals surface area contributed by atoms with Gasteiger partial charge in [-0.05, 0) is 44.5 Å². The molecule has 0 bridgehead atoms. The van der Waals surface area contributed by atoms with E-state index >= 15 is 0 Å². The van der Waals surface area contributed by atoms with Crippen molar-refractivity contribution < 1.29 is 23.8 Å². The van der Waals surface area contributed by atoms with Crippen molar-refractivity contribution in [3.05, 3.63) is 48.2 Å². The molecule has 9 heteroatoms. The second-order valence-corrected chi connectivity index (χ2v) is 7.97. The number of oxazole rings is 1. The Hall–Kier alpha value is -3.72. The summed E-state index contributed by atoms with van der Waals surface area (Å²) >= 11 is 0. The third kappa shape index (κ3) is 5.38. The Bertz CT molecular complexity index is 1130. The van der Waals surface area contributed by atoms with Crippen LogP contribution < -0.4 is 25.0 Å². The van der Waals surface area contributed by atoms with E-state index in [0.29, 0.717) is 36.4 Å². The molecular weight excluding hydrogens is 424 g/mol. The number of rotatable bonds is 9. The summed E-state index contributed by atoms with van der Waals surface area (Å²) in [6, 6.07) is 11.4. The van der Waals surface area contributed by atoms with Gasteiger partial charge < -0.3 is 29.6 Å². The van der Waals surface area contributed by atoms with Gasteiger partial charge in [0.25, 0.3) is 6.01 Å². The summed E-state index contributed by atoms with van der Waals surface area (Å²) in [5, 5.41) is 15.0. The van der Waals surface area contributed by atoms with Crippen molar-refractivity contribution in [2.75, 3.05) is 36.5 Å². The second kappa shape index (κ2) is 9.83. The highest BCUT2D eigenvalue weighted by atomic mass is 16.5. The lowest BCUT2D eigenvalue weighted by atomic mass is 10.1. The number of ether oxygens (including phenoxy) is 2. The first-order valence-electron chi connectivity index (χ1n) is 10.9. The van der Waals surface area contributed by atoms with Crippen molar-refractivity contribution in [3.63, 3.8) is 0 Å². The quantitative estimate of drug-likeness (QED) is 0.449. The Balaban J connectivity index is 1.60. The van der Waals surface area contributed by atoms with E-state index in [1.54, 1.807) is 11.1 Å². The van der Waals surface area contributed by atoms with Gasteiger partial charge in [-0.1, -0.05) is 6.07 Å². The van der Waals surface area contributed by atoms with Crippen molar-refractivity contribution in [1.82, 2.24) is 10.3 Å². The molecule has 174 valence electrons. The van der Waals surface area contributed by atoms with E-state index in [-0.39, 0.29) is 25.3 Å². The molecule has 1 fully saturated rings. The fourth-order valence-corrected chi connectivity index (χ4v) is 3.51. The zero-order chi connectivity index (χ0) is 23.4. The number of amides is 2. The number of urea groups is 1. The Morgan fingerprint density at radius 3 is 2.82 bits per heavy atom. The van der Waals surface area contributed by atoms with Crippen molar-refractivity contribution in [3.8, 4) is 22.8 Å². The number of hydrogen-bond donors (Lipinski definition) is 3. The summed E-state index contributed by atoms with van der Waals surface area (Å²) in [5.74, 6) is 1.82. The summed E-state index contributed by atoms with van der Waals surface area (Å²) in [4.78, 5) is 18.2. The predicted molar refractivity (Wildman–Crippen MR) is 125 cm³/mol. The first-order chi connectivity index (χ1) is 15.9. The van der Waals surface area contributed by atoms with E-state index in [2.05, 4.69) is 15.6 Å². The molecule has 1 saturated heterocycles. The Kier molecular flexibility index (Phi) is 6.69. The average Bonchev–Trinajstić information content (AvgIpc) is 3.42. The summed E-state index contributed by atoms with van der Waals surface area (Å²) in [6.45, 7) is 7.21. The maximum absolute atomic E-state index is 12.2. The van der Waals surface area contributed by atoms with Crippen molar-refractivity contribution >= 4 is 23.4 Å². The average molecular weight is 453 g/mol. The lowest BCUT2D eigenvalue weighted by Crippen LogP contribution is -2.27. The summed E-state index contributed by atoms with van der Waals surface area (Å²) in [7, 11) is 0. The van der Waals surface area contributed by atoms with Gasteiger partial charge in [-0.25, -0.2) is 9.78 Å². The van der Waals surface area contributed by atoms with E-state index in [0.717, 1.165) is 22.5 Å². The molecule has 3 N–H and O–H groups in total. The van der Waals surface area contributed by atoms with Crippen molar-refractivity contribution in [2.24, 2.45) is 0 Å². The Morgan fingerprint density at radius 2 is 2.09 bits per heavy atom. The Morgan fingerprint density at radius 1 is 1.24 bits per heavy atom. The van der Waals surface area contributed by atoms with E-state index in [1.807, 2.05) is 57.2 Å². The van der Waals surface area contributed by atoms with Crippen LogP contribution in [0.1, 0.15) is 19.4 Å². The molecule has 4 rings (SSSR count). The summed E-state index contributed by atoms with van der Waals surface area (Å²) in [5.41, 5.74) is 3.25. The molecule has 0 unspecified atom stereocenters. The van der Waals surface area contributed by atoms with Gasteiger partial charge in [0.2, 0.25) is 0 Å². The first kappa shape index (κ1) is 22.5. The van der Waals surface area contributed by atoms with Gasteiger partial charge in [0.15, 0.2) is 5.76 Å². The number of aryl methyl sites for hydroxylation is 1. The molecule has 0 radical (unpaired) electrons. The highest BCUT2D eigenvalue weighted by Crippen LogP contribution is 2.34. The zero-order valence-electron chi connectivity index (χ0n) is 18.9. The van der Waals surface area contributed by atoms with Crippen LogP contribution in [0.3, 0.4) is 0 Å². The van der Waals surface area contributed by atoms with E-state index in [4.69, 9.17) is 19.0 Å². The molecule has 1 aliphatic rings. The number of benzene rings is 2. The molecule has 9 nitrogen and oxygen atoms in total. The molecule has 2 amide bonds. The third-order valence-electron chi connectivity index (χ3n) is 5.03. The number of aliphatic hydroxyl groups excluding tert-OH is 1. The minimum Gasteiger partial charge on any atom is -0.491 e. The number of aromatic nitrogens is 1. The van der Waals surface area contributed by atoms with Crippen molar-refractivity contribution in [1.29, 1.82) is 0 Å². The van der Waals surface area contributed by atoms with Gasteiger partial charge in [0.05, 0.1) is 18.9 Å². The lowest BCUT2D eigenvalue weighted by molar-refractivity contribution is 0.201. The van der Waals surface area contributed by atoms with Crippen LogP contribution >= 0.6 is 0 Å². The molecule has 0 spiro atoms. The molecule has 0 saturated carbocycles. The van der Waals surface area contributed by atoms with Gasteiger partial charge in [-0.2, -0.15) is 0 Å². The Labute approximate surface area is 192 Å². The van der Waals surface area contributed by atoms with Crippen LogP contribution in [0, 0.1) is 6.92 Å². The minimum absolute atomic E-state index is 0.0178. The maximum Gasteiger partial charge on any atom is 0.321 e. The van der Waals surface area contributed by atoms with E-state index in [9.17, 15) is 4.79 Å². The highest BCUT2D eigenvalue weighted by Gasteiger charge is 2.23. The molecular formula is C24H28N4O5. The normalized spacial score (nSPS) is 13.4. The van der Waals surface area contributed by atoms with Gasteiger partial charge >= 0.3 is 6.03 Å². The standard InChI is InChI=1S/C24H28N4O5/c1-15(2)32-20-11-17(10-18(12-20)28-7-6-25-24(28)30)22-14-26-23(33-22)27-21-13-19(31-9-8-29)5-4-16(21)3/h4-5,10-15,29H,6-9H2,1-3H3,(H,25,30)(H,26,27). The number of aliphatic hydroxyl groups is 1. The van der Waals surface area contributed by atoms with Crippen LogP contribution in [-0.2, 0) is 0 Å². The molecule has 1 aliphatic heterocycles. The molecule has 2 aromatic carbocycles. The predicted octanol–water partition coefficient (Wildman–Crippen LogP) is 4.08. The van der Waals surface area contributed by atoms with Gasteiger partial charge in [0, 0.05) is 42.2 Å². The lowest BCUT2D eigenvalue weighted by Gasteiger charge is -2.18. The minimum atomic E-state index is -0.138. The van der Waals surface area contributed by atoms with E-state index < -0.39 is 0 Å². The van der Waals surface area contributed by atoms with E-state index in [1.165, 1.54) is 0 Å². The van der Waals surface area contributed by atoms with Gasteiger partial charge in [-0.15, -0.1) is 0 Å². The first-order valence-corrected chi connectivity index (χ1v) is 10.9. The van der Waals surface area contributed by atoms with Crippen LogP contribution in [0.4, 0.5) is 22.2 Å². The fourth-order valence-electron chi connectivity index (χ4n) is 3.51. The van der Waals surface area contributed by atoms with Crippen LogP contribution in [0.5, 0.6) is 11.5 Å². The SMILES string of the molecule is Cc1ccc(OCCO)cc1Nc1ncc(-c2cc(OC(C)C)cc(N3CCNC3=O)c2)o1. The molecule has 33 heavy (non-hydrogen) atoms. The van der Waals surface area contributed by atoms with Crippen LogP contribution in [-0.4, -0.2) is 48.5 Å². The molecule has 1 aromatic heterocycles. The van der Waals surface area contributed by atoms with Crippen molar-refractivity contribution in [2.45, 2.75) is 26.9 Å². The number of carbonyl (C=O) groups is 1. The van der Waals surface area contributed by atoms with Crippen LogP contribution in [0.15, 0.2) is 47.0 Å². The fraction of sp³-hybridized carbons (Fsp3) is 0.333. The number of hydrogen-bond acceptors (Lipinski definition) is 7. The molecule has 3 aromatic rings. The summed E-state index contributed by atoms with van der Waals surface area (Å²) < 4.78 is 17.4. The summed E-state index contributed by atoms with van der Waals surface area (Å²) in [6.07, 6.45) is 1.61. The van der Waals surface area contributed by atoms with Gasteiger partial charge in [-0.3, -0.25) is 4.90 Å².